The van der Waals surface area contributed by atoms with Gasteiger partial charge in [-0.05, 0) is 61.9 Å². The number of phenols is 1. The van der Waals surface area contributed by atoms with Crippen molar-refractivity contribution in [1.82, 2.24) is 0 Å². The smallest absolute Gasteiger partial charge is 0.118 e. The summed E-state index contributed by atoms with van der Waals surface area (Å²) in [5, 5.41) is 12.5. The molecule has 1 aliphatic rings. The highest BCUT2D eigenvalue weighted by Gasteiger charge is 2.44. The number of allylic oxidation sites excluding steroid dienone is 4. The second-order valence-corrected chi connectivity index (χ2v) is 13.9. The van der Waals surface area contributed by atoms with Gasteiger partial charge in [0.1, 0.15) is 5.75 Å². The zero-order chi connectivity index (χ0) is 19.3. The Bertz CT molecular complexity index is 737. The summed E-state index contributed by atoms with van der Waals surface area (Å²) in [6.45, 7) is 22.6. The highest BCUT2D eigenvalue weighted by molar-refractivity contribution is 6.93. The van der Waals surface area contributed by atoms with E-state index >= 15 is 0 Å². The molecule has 0 spiro atoms. The zero-order valence-electron chi connectivity index (χ0n) is 17.9. The first-order valence-electron chi connectivity index (χ1n) is 9.55. The van der Waals surface area contributed by atoms with Crippen LogP contribution in [0.15, 0.2) is 34.4 Å². The summed E-state index contributed by atoms with van der Waals surface area (Å²) < 4.78 is 0. The van der Waals surface area contributed by atoms with Crippen molar-refractivity contribution in [2.75, 3.05) is 0 Å². The van der Waals surface area contributed by atoms with Crippen molar-refractivity contribution in [3.63, 3.8) is 0 Å². The fraction of sp³-hybridized carbons (Fsp3) is 0.565. The van der Waals surface area contributed by atoms with Gasteiger partial charge in [-0.1, -0.05) is 69.1 Å². The molecule has 2 heteroatoms. The Hall–Kier alpha value is -1.28. The maximum atomic E-state index is 11.3. The number of aryl methyl sites for hydroxylation is 1. The van der Waals surface area contributed by atoms with E-state index < -0.39 is 8.07 Å². The van der Waals surface area contributed by atoms with E-state index in [1.807, 2.05) is 0 Å². The van der Waals surface area contributed by atoms with Gasteiger partial charge in [-0.3, -0.25) is 0 Å². The second-order valence-electron chi connectivity index (χ2n) is 9.28. The third-order valence-electron chi connectivity index (χ3n) is 6.66. The van der Waals surface area contributed by atoms with Gasteiger partial charge in [-0.2, -0.15) is 0 Å². The summed E-state index contributed by atoms with van der Waals surface area (Å²) in [6, 6.07) is 5.57. The van der Waals surface area contributed by atoms with Crippen LogP contribution in [0.5, 0.6) is 5.75 Å². The van der Waals surface area contributed by atoms with E-state index in [1.165, 1.54) is 33.0 Å². The maximum absolute atomic E-state index is 11.3. The lowest BCUT2D eigenvalue weighted by Crippen LogP contribution is -2.49. The van der Waals surface area contributed by atoms with E-state index in [-0.39, 0.29) is 5.41 Å². The van der Waals surface area contributed by atoms with Gasteiger partial charge in [0.2, 0.25) is 0 Å². The first-order chi connectivity index (χ1) is 11.4. The molecule has 1 N–H and O–H groups in total. The third kappa shape index (κ3) is 3.14. The Balaban J connectivity index is 2.77. The van der Waals surface area contributed by atoms with Crippen LogP contribution in [0.3, 0.4) is 0 Å². The van der Waals surface area contributed by atoms with Crippen LogP contribution in [-0.4, -0.2) is 13.2 Å². The van der Waals surface area contributed by atoms with Gasteiger partial charge in [0.15, 0.2) is 0 Å². The first kappa shape index (κ1) is 20.0. The van der Waals surface area contributed by atoms with Crippen molar-refractivity contribution in [2.45, 2.75) is 85.9 Å². The molecule has 0 aromatic heterocycles. The fourth-order valence-electron chi connectivity index (χ4n) is 4.64. The van der Waals surface area contributed by atoms with Gasteiger partial charge >= 0.3 is 0 Å². The molecule has 1 atom stereocenters. The van der Waals surface area contributed by atoms with Crippen LogP contribution in [0.25, 0.3) is 0 Å². The Labute approximate surface area is 155 Å². The van der Waals surface area contributed by atoms with Gasteiger partial charge in [-0.15, -0.1) is 0 Å². The van der Waals surface area contributed by atoms with Crippen molar-refractivity contribution in [2.24, 2.45) is 0 Å². The number of hydrogen-bond acceptors (Lipinski definition) is 1. The van der Waals surface area contributed by atoms with E-state index in [0.29, 0.717) is 11.3 Å². The summed E-state index contributed by atoms with van der Waals surface area (Å²) in [7, 11) is -1.93. The molecule has 1 aromatic rings. The third-order valence-corrected chi connectivity index (χ3v) is 11.9. The molecule has 0 bridgehead atoms. The number of aromatic hydroxyl groups is 1. The molecule has 1 aliphatic carbocycles. The predicted octanol–water partition coefficient (Wildman–Crippen LogP) is 6.36. The van der Waals surface area contributed by atoms with E-state index in [9.17, 15) is 5.11 Å². The SMILES string of the molecule is CC[Si](C)(c1cc(C)cc(C(C)(C)C)c1O)C1C(C)=C(C)C(C)=C1C. The first-order valence-corrected chi connectivity index (χ1v) is 12.3. The summed E-state index contributed by atoms with van der Waals surface area (Å²) >= 11 is 0. The summed E-state index contributed by atoms with van der Waals surface area (Å²) in [6.07, 6.45) is 0. The Morgan fingerprint density at radius 1 is 0.960 bits per heavy atom. The molecule has 2 rings (SSSR count). The molecule has 1 nitrogen and oxygen atoms in total. The number of benzene rings is 1. The van der Waals surface area contributed by atoms with E-state index in [2.05, 4.69) is 81.0 Å². The molecule has 25 heavy (non-hydrogen) atoms. The van der Waals surface area contributed by atoms with Crippen molar-refractivity contribution in [3.8, 4) is 5.75 Å². The van der Waals surface area contributed by atoms with Crippen LogP contribution in [0, 0.1) is 6.92 Å². The van der Waals surface area contributed by atoms with Crippen molar-refractivity contribution in [3.05, 3.63) is 45.6 Å². The van der Waals surface area contributed by atoms with Gasteiger partial charge in [0.05, 0.1) is 8.07 Å². The molecular weight excluding hydrogens is 320 g/mol. The topological polar surface area (TPSA) is 20.2 Å². The predicted molar refractivity (Wildman–Crippen MR) is 114 cm³/mol. The quantitative estimate of drug-likeness (QED) is 0.625. The minimum Gasteiger partial charge on any atom is -0.508 e. The molecule has 138 valence electrons. The molecule has 0 saturated heterocycles. The van der Waals surface area contributed by atoms with E-state index in [1.54, 1.807) is 0 Å². The molecule has 0 saturated carbocycles. The van der Waals surface area contributed by atoms with Crippen LogP contribution in [0.1, 0.15) is 66.5 Å². The second kappa shape index (κ2) is 6.46. The van der Waals surface area contributed by atoms with Crippen LogP contribution in [-0.2, 0) is 5.41 Å². The highest BCUT2D eigenvalue weighted by Crippen LogP contribution is 2.48. The molecule has 0 radical (unpaired) electrons. The Morgan fingerprint density at radius 2 is 1.44 bits per heavy atom. The molecular formula is C23H36OSi. The van der Waals surface area contributed by atoms with Crippen LogP contribution >= 0.6 is 0 Å². The van der Waals surface area contributed by atoms with E-state index in [0.717, 1.165) is 11.6 Å². The molecule has 0 amide bonds. The zero-order valence-corrected chi connectivity index (χ0v) is 18.9. The van der Waals surface area contributed by atoms with Crippen molar-refractivity contribution >= 4 is 13.3 Å². The molecule has 0 aliphatic heterocycles. The molecule has 0 heterocycles. The Morgan fingerprint density at radius 3 is 1.84 bits per heavy atom. The average molecular weight is 357 g/mol. The van der Waals surface area contributed by atoms with Gasteiger partial charge < -0.3 is 5.11 Å². The largest absolute Gasteiger partial charge is 0.508 e. The monoisotopic (exact) mass is 356 g/mol. The normalized spacial score (nSPS) is 19.0. The van der Waals surface area contributed by atoms with Crippen LogP contribution in [0.2, 0.25) is 18.1 Å². The minimum absolute atomic E-state index is 0.0504. The van der Waals surface area contributed by atoms with Crippen LogP contribution < -0.4 is 5.19 Å². The summed E-state index contributed by atoms with van der Waals surface area (Å²) in [5.41, 5.74) is 8.75. The van der Waals surface area contributed by atoms with Crippen molar-refractivity contribution in [1.29, 1.82) is 0 Å². The highest BCUT2D eigenvalue weighted by atomic mass is 28.3. The lowest BCUT2D eigenvalue weighted by atomic mass is 9.85. The molecule has 1 unspecified atom stereocenters. The van der Waals surface area contributed by atoms with Crippen LogP contribution in [0.4, 0.5) is 0 Å². The van der Waals surface area contributed by atoms with E-state index in [4.69, 9.17) is 0 Å². The minimum atomic E-state index is -1.93. The van der Waals surface area contributed by atoms with Crippen molar-refractivity contribution < 1.29 is 5.11 Å². The molecule has 1 aromatic carbocycles. The maximum Gasteiger partial charge on any atom is 0.118 e. The fourth-order valence-corrected chi connectivity index (χ4v) is 9.32. The lowest BCUT2D eigenvalue weighted by Gasteiger charge is -2.38. The number of phenolic OH excluding ortho intramolecular Hbond substituents is 1. The lowest BCUT2D eigenvalue weighted by molar-refractivity contribution is 0.450. The van der Waals surface area contributed by atoms with Gasteiger partial charge in [0.25, 0.3) is 0 Å². The Kier molecular flexibility index (Phi) is 5.18. The summed E-state index contributed by atoms with van der Waals surface area (Å²) in [5.74, 6) is 0.553. The summed E-state index contributed by atoms with van der Waals surface area (Å²) in [4.78, 5) is 0. The van der Waals surface area contributed by atoms with Gasteiger partial charge in [-0.25, -0.2) is 0 Å². The standard InChI is InChI=1S/C23H36OSi/c1-11-25(10,22-17(5)15(3)16(4)18(22)6)20-13-14(2)12-19(21(20)24)23(7,8)9/h12-13,22,24H,11H2,1-10H3. The molecule has 0 fully saturated rings. The number of rotatable bonds is 3. The average Bonchev–Trinajstić information content (AvgIpc) is 2.71. The number of hydrogen-bond donors (Lipinski definition) is 1. The van der Waals surface area contributed by atoms with Gasteiger partial charge in [0, 0.05) is 5.54 Å².